The Labute approximate surface area is 87.6 Å². The molecule has 0 aliphatic rings. The van der Waals surface area contributed by atoms with Crippen molar-refractivity contribution in [1.82, 2.24) is 0 Å². The Kier molecular flexibility index (Phi) is 2.85. The van der Waals surface area contributed by atoms with Gasteiger partial charge >= 0.3 is 5.97 Å². The first kappa shape index (κ1) is 10.6. The largest absolute Gasteiger partial charge is 0.477 e. The number of nitro groups is 1. The predicted octanol–water partition coefficient (Wildman–Crippen LogP) is 2.36. The molecular weight excluding hydrogens is 254 g/mol. The molecule has 74 valence electrons. The molecule has 0 aromatic heterocycles. The van der Waals surface area contributed by atoms with Crippen molar-refractivity contribution in [3.8, 4) is 0 Å². The Morgan fingerprint density at radius 3 is 2.57 bits per heavy atom. The number of carboxylic acids is 1. The summed E-state index contributed by atoms with van der Waals surface area (Å²) in [6.07, 6.45) is 0. The highest BCUT2D eigenvalue weighted by Crippen LogP contribution is 2.26. The zero-order valence-corrected chi connectivity index (χ0v) is 8.74. The number of carbonyl (C=O) groups is 1. The lowest BCUT2D eigenvalue weighted by atomic mass is 10.1. The highest BCUT2D eigenvalue weighted by atomic mass is 79.9. The molecule has 0 radical (unpaired) electrons. The third kappa shape index (κ3) is 1.90. The SMILES string of the molecule is Cc1cc([N+](=O)[O-])c(C(=O)O)cc1Br. The lowest BCUT2D eigenvalue weighted by molar-refractivity contribution is -0.385. The minimum Gasteiger partial charge on any atom is -0.477 e. The molecule has 0 aliphatic heterocycles. The Balaban J connectivity index is 3.46. The number of benzene rings is 1. The van der Waals surface area contributed by atoms with Crippen molar-refractivity contribution in [3.05, 3.63) is 37.8 Å². The third-order valence-electron chi connectivity index (χ3n) is 1.70. The van der Waals surface area contributed by atoms with Crippen molar-refractivity contribution >= 4 is 27.6 Å². The number of nitro benzene ring substituents is 1. The molecular formula is C8H6BrNO4. The van der Waals surface area contributed by atoms with Crippen molar-refractivity contribution in [1.29, 1.82) is 0 Å². The maximum absolute atomic E-state index is 10.7. The van der Waals surface area contributed by atoms with Gasteiger partial charge in [-0.25, -0.2) is 4.79 Å². The summed E-state index contributed by atoms with van der Waals surface area (Å²) in [5.41, 5.74) is -0.0765. The summed E-state index contributed by atoms with van der Waals surface area (Å²) in [4.78, 5) is 20.5. The van der Waals surface area contributed by atoms with Crippen LogP contribution < -0.4 is 0 Å². The molecule has 14 heavy (non-hydrogen) atoms. The number of hydrogen-bond acceptors (Lipinski definition) is 3. The molecule has 0 spiro atoms. The molecule has 0 aliphatic carbocycles. The maximum atomic E-state index is 10.7. The fraction of sp³-hybridized carbons (Fsp3) is 0.125. The number of halogens is 1. The first-order valence-electron chi connectivity index (χ1n) is 3.61. The molecule has 0 fully saturated rings. The van der Waals surface area contributed by atoms with Crippen molar-refractivity contribution in [2.45, 2.75) is 6.92 Å². The number of aryl methyl sites for hydroxylation is 1. The van der Waals surface area contributed by atoms with E-state index in [4.69, 9.17) is 5.11 Å². The molecule has 5 nitrogen and oxygen atoms in total. The monoisotopic (exact) mass is 259 g/mol. The van der Waals surface area contributed by atoms with Crippen LogP contribution in [-0.4, -0.2) is 16.0 Å². The van der Waals surface area contributed by atoms with Gasteiger partial charge in [0.2, 0.25) is 0 Å². The van der Waals surface area contributed by atoms with E-state index in [2.05, 4.69) is 15.9 Å². The number of nitrogens with zero attached hydrogens (tertiary/aromatic N) is 1. The molecule has 6 heteroatoms. The van der Waals surface area contributed by atoms with E-state index in [9.17, 15) is 14.9 Å². The van der Waals surface area contributed by atoms with Crippen LogP contribution in [0.15, 0.2) is 16.6 Å². The molecule has 0 saturated heterocycles. The second-order valence-electron chi connectivity index (χ2n) is 2.68. The van der Waals surface area contributed by atoms with Crippen LogP contribution in [0.3, 0.4) is 0 Å². The molecule has 0 bridgehead atoms. The smallest absolute Gasteiger partial charge is 0.342 e. The number of aromatic carboxylic acids is 1. The highest BCUT2D eigenvalue weighted by Gasteiger charge is 2.20. The molecule has 0 unspecified atom stereocenters. The van der Waals surface area contributed by atoms with Crippen molar-refractivity contribution in [3.63, 3.8) is 0 Å². The lowest BCUT2D eigenvalue weighted by Gasteiger charge is -2.01. The summed E-state index contributed by atoms with van der Waals surface area (Å²) < 4.78 is 0.542. The van der Waals surface area contributed by atoms with Crippen LogP contribution in [0.2, 0.25) is 0 Å². The van der Waals surface area contributed by atoms with Crippen LogP contribution in [0.1, 0.15) is 15.9 Å². The Morgan fingerprint density at radius 2 is 2.14 bits per heavy atom. The van der Waals surface area contributed by atoms with Gasteiger partial charge in [0, 0.05) is 10.5 Å². The average molecular weight is 260 g/mol. The number of rotatable bonds is 2. The zero-order valence-electron chi connectivity index (χ0n) is 7.15. The van der Waals surface area contributed by atoms with E-state index in [1.165, 1.54) is 12.1 Å². The van der Waals surface area contributed by atoms with Gasteiger partial charge in [-0.1, -0.05) is 15.9 Å². The van der Waals surface area contributed by atoms with E-state index in [0.29, 0.717) is 10.0 Å². The van der Waals surface area contributed by atoms with Crippen molar-refractivity contribution in [2.75, 3.05) is 0 Å². The maximum Gasteiger partial charge on any atom is 0.342 e. The summed E-state index contributed by atoms with van der Waals surface area (Å²) in [5.74, 6) is -1.31. The quantitative estimate of drug-likeness (QED) is 0.653. The van der Waals surface area contributed by atoms with Crippen LogP contribution in [0.4, 0.5) is 5.69 Å². The molecule has 0 saturated carbocycles. The molecule has 1 N–H and O–H groups in total. The third-order valence-corrected chi connectivity index (χ3v) is 2.56. The first-order valence-corrected chi connectivity index (χ1v) is 4.40. The van der Waals surface area contributed by atoms with Gasteiger partial charge in [0.05, 0.1) is 4.92 Å². The Hall–Kier alpha value is -1.43. The molecule has 0 heterocycles. The standard InChI is InChI=1S/C8H6BrNO4/c1-4-2-7(10(13)14)5(8(11)12)3-6(4)9/h2-3H,1H3,(H,11,12). The summed E-state index contributed by atoms with van der Waals surface area (Å²) >= 11 is 3.11. The minimum atomic E-state index is -1.31. The van der Waals surface area contributed by atoms with Crippen LogP contribution in [0.25, 0.3) is 0 Å². The van der Waals surface area contributed by atoms with E-state index in [1.807, 2.05) is 0 Å². The van der Waals surface area contributed by atoms with Gasteiger partial charge in [-0.05, 0) is 18.6 Å². The van der Waals surface area contributed by atoms with Gasteiger partial charge in [0.1, 0.15) is 5.56 Å². The topological polar surface area (TPSA) is 80.4 Å². The average Bonchev–Trinajstić information content (AvgIpc) is 2.08. The van der Waals surface area contributed by atoms with Gasteiger partial charge < -0.3 is 5.11 Å². The molecule has 0 amide bonds. The molecule has 1 aromatic rings. The van der Waals surface area contributed by atoms with E-state index >= 15 is 0 Å². The Bertz CT molecular complexity index is 377. The summed E-state index contributed by atoms with van der Waals surface area (Å²) in [7, 11) is 0. The molecule has 1 aromatic carbocycles. The second-order valence-corrected chi connectivity index (χ2v) is 3.54. The van der Waals surface area contributed by atoms with Gasteiger partial charge in [0.15, 0.2) is 0 Å². The van der Waals surface area contributed by atoms with E-state index in [1.54, 1.807) is 6.92 Å². The summed E-state index contributed by atoms with van der Waals surface area (Å²) in [6.45, 7) is 1.66. The first-order chi connectivity index (χ1) is 6.43. The van der Waals surface area contributed by atoms with Gasteiger partial charge in [-0.2, -0.15) is 0 Å². The van der Waals surface area contributed by atoms with E-state index < -0.39 is 16.6 Å². The normalized spacial score (nSPS) is 9.86. The van der Waals surface area contributed by atoms with Crippen molar-refractivity contribution < 1.29 is 14.8 Å². The van der Waals surface area contributed by atoms with Gasteiger partial charge in [-0.15, -0.1) is 0 Å². The van der Waals surface area contributed by atoms with Crippen LogP contribution in [0, 0.1) is 17.0 Å². The number of carboxylic acid groups (broad SMARTS) is 1. The van der Waals surface area contributed by atoms with Gasteiger partial charge in [-0.3, -0.25) is 10.1 Å². The molecule has 0 atom stereocenters. The fourth-order valence-electron chi connectivity index (χ4n) is 0.989. The van der Waals surface area contributed by atoms with E-state index in [-0.39, 0.29) is 5.56 Å². The Morgan fingerprint density at radius 1 is 1.57 bits per heavy atom. The van der Waals surface area contributed by atoms with Crippen LogP contribution in [0.5, 0.6) is 0 Å². The highest BCUT2D eigenvalue weighted by molar-refractivity contribution is 9.10. The van der Waals surface area contributed by atoms with Crippen molar-refractivity contribution in [2.24, 2.45) is 0 Å². The van der Waals surface area contributed by atoms with E-state index in [0.717, 1.165) is 0 Å². The lowest BCUT2D eigenvalue weighted by Crippen LogP contribution is -2.03. The summed E-state index contributed by atoms with van der Waals surface area (Å²) in [5, 5.41) is 19.2. The second kappa shape index (κ2) is 3.75. The van der Waals surface area contributed by atoms with Crippen LogP contribution >= 0.6 is 15.9 Å². The summed E-state index contributed by atoms with van der Waals surface area (Å²) in [6, 6.07) is 2.46. The zero-order chi connectivity index (χ0) is 10.9. The fourth-order valence-corrected chi connectivity index (χ4v) is 1.33. The number of hydrogen-bond donors (Lipinski definition) is 1. The molecule has 1 rings (SSSR count). The van der Waals surface area contributed by atoms with Crippen LogP contribution in [-0.2, 0) is 0 Å². The van der Waals surface area contributed by atoms with Gasteiger partial charge in [0.25, 0.3) is 5.69 Å². The predicted molar refractivity (Wildman–Crippen MR) is 52.5 cm³/mol. The minimum absolute atomic E-state index is 0.313.